The molecule has 108 valence electrons. The Kier molecular flexibility index (Phi) is 4.93. The van der Waals surface area contributed by atoms with Gasteiger partial charge in [0.15, 0.2) is 0 Å². The van der Waals surface area contributed by atoms with E-state index in [0.717, 1.165) is 17.2 Å². The quantitative estimate of drug-likeness (QED) is 0.826. The van der Waals surface area contributed by atoms with E-state index in [1.54, 1.807) is 37.6 Å². The van der Waals surface area contributed by atoms with Crippen molar-refractivity contribution in [3.63, 3.8) is 0 Å². The molecule has 5 heteroatoms. The predicted octanol–water partition coefficient (Wildman–Crippen LogP) is 2.77. The molecule has 0 fully saturated rings. The molecule has 2 aromatic rings. The van der Waals surface area contributed by atoms with Gasteiger partial charge in [0, 0.05) is 12.3 Å². The van der Waals surface area contributed by atoms with Crippen LogP contribution in [0.2, 0.25) is 0 Å². The van der Waals surface area contributed by atoms with Gasteiger partial charge in [0.2, 0.25) is 5.88 Å². The molecule has 0 saturated carbocycles. The van der Waals surface area contributed by atoms with Crippen LogP contribution < -0.4 is 9.47 Å². The van der Waals surface area contributed by atoms with Gasteiger partial charge in [-0.3, -0.25) is 0 Å². The third-order valence-corrected chi connectivity index (χ3v) is 2.74. The first-order valence-electron chi connectivity index (χ1n) is 6.31. The van der Waals surface area contributed by atoms with Crippen molar-refractivity contribution in [3.8, 4) is 11.6 Å². The smallest absolute Gasteiger partial charge is 0.328 e. The molecular weight excluding hydrogens is 270 g/mol. The number of carboxylic acid groups (broad SMARTS) is 1. The predicted molar refractivity (Wildman–Crippen MR) is 78.2 cm³/mol. The molecule has 0 unspecified atom stereocenters. The van der Waals surface area contributed by atoms with Crippen LogP contribution in [-0.2, 0) is 11.4 Å². The Morgan fingerprint density at radius 3 is 2.71 bits per heavy atom. The molecule has 0 atom stereocenters. The minimum atomic E-state index is -0.973. The Morgan fingerprint density at radius 2 is 2.05 bits per heavy atom. The summed E-state index contributed by atoms with van der Waals surface area (Å²) in [5.41, 5.74) is 1.65. The van der Waals surface area contributed by atoms with E-state index in [2.05, 4.69) is 4.98 Å². The monoisotopic (exact) mass is 285 g/mol. The maximum atomic E-state index is 10.4. The van der Waals surface area contributed by atoms with Gasteiger partial charge in [-0.1, -0.05) is 12.1 Å². The molecule has 0 aliphatic rings. The maximum absolute atomic E-state index is 10.4. The third kappa shape index (κ3) is 4.35. The lowest BCUT2D eigenvalue weighted by molar-refractivity contribution is -0.131. The van der Waals surface area contributed by atoms with Crippen LogP contribution >= 0.6 is 0 Å². The largest absolute Gasteiger partial charge is 0.489 e. The summed E-state index contributed by atoms with van der Waals surface area (Å²) >= 11 is 0. The molecule has 1 aromatic carbocycles. The lowest BCUT2D eigenvalue weighted by Crippen LogP contribution is -2.00. The number of pyridine rings is 1. The number of methoxy groups -OCH3 is 1. The van der Waals surface area contributed by atoms with Gasteiger partial charge >= 0.3 is 5.97 Å². The molecule has 1 aromatic heterocycles. The molecule has 0 bridgehead atoms. The Hall–Kier alpha value is -2.82. The lowest BCUT2D eigenvalue weighted by atomic mass is 10.2. The van der Waals surface area contributed by atoms with Crippen LogP contribution in [0.25, 0.3) is 6.08 Å². The number of aromatic nitrogens is 1. The summed E-state index contributed by atoms with van der Waals surface area (Å²) in [6.07, 6.45) is 4.28. The highest BCUT2D eigenvalue weighted by atomic mass is 16.5. The zero-order valence-corrected chi connectivity index (χ0v) is 11.5. The maximum Gasteiger partial charge on any atom is 0.328 e. The molecule has 0 aliphatic carbocycles. The second kappa shape index (κ2) is 7.09. The van der Waals surface area contributed by atoms with E-state index in [4.69, 9.17) is 14.6 Å². The number of carbonyl (C=O) groups is 1. The van der Waals surface area contributed by atoms with E-state index in [1.807, 2.05) is 12.1 Å². The minimum absolute atomic E-state index is 0.349. The van der Waals surface area contributed by atoms with E-state index in [1.165, 1.54) is 6.08 Å². The van der Waals surface area contributed by atoms with Crippen LogP contribution in [0.4, 0.5) is 0 Å². The Morgan fingerprint density at radius 1 is 1.29 bits per heavy atom. The van der Waals surface area contributed by atoms with Crippen molar-refractivity contribution in [2.75, 3.05) is 7.11 Å². The summed E-state index contributed by atoms with van der Waals surface area (Å²) in [6.45, 7) is 0.349. The lowest BCUT2D eigenvalue weighted by Gasteiger charge is -2.09. The van der Waals surface area contributed by atoms with Crippen LogP contribution in [0.15, 0.2) is 48.7 Å². The van der Waals surface area contributed by atoms with E-state index in [9.17, 15) is 4.79 Å². The van der Waals surface area contributed by atoms with Gasteiger partial charge in [0.1, 0.15) is 12.4 Å². The van der Waals surface area contributed by atoms with E-state index < -0.39 is 5.97 Å². The molecule has 0 spiro atoms. The van der Waals surface area contributed by atoms with Crippen molar-refractivity contribution in [1.82, 2.24) is 4.98 Å². The first kappa shape index (κ1) is 14.6. The van der Waals surface area contributed by atoms with Gasteiger partial charge < -0.3 is 14.6 Å². The van der Waals surface area contributed by atoms with Crippen molar-refractivity contribution in [1.29, 1.82) is 0 Å². The Labute approximate surface area is 122 Å². The number of hydrogen-bond acceptors (Lipinski definition) is 4. The van der Waals surface area contributed by atoms with Gasteiger partial charge in [-0.05, 0) is 35.9 Å². The molecule has 0 radical (unpaired) electrons. The minimum Gasteiger partial charge on any atom is -0.489 e. The molecule has 1 N–H and O–H groups in total. The highest BCUT2D eigenvalue weighted by molar-refractivity contribution is 5.85. The first-order valence-corrected chi connectivity index (χ1v) is 6.31. The SMILES string of the molecule is COc1ncccc1COc1ccc(/C=C/C(=O)O)cc1. The van der Waals surface area contributed by atoms with Gasteiger partial charge in [0.25, 0.3) is 0 Å². The van der Waals surface area contributed by atoms with Gasteiger partial charge in [-0.15, -0.1) is 0 Å². The fraction of sp³-hybridized carbons (Fsp3) is 0.125. The Bertz CT molecular complexity index is 635. The molecule has 5 nitrogen and oxygen atoms in total. The zero-order chi connectivity index (χ0) is 15.1. The summed E-state index contributed by atoms with van der Waals surface area (Å²) in [7, 11) is 1.56. The highest BCUT2D eigenvalue weighted by Crippen LogP contribution is 2.18. The van der Waals surface area contributed by atoms with Crippen LogP contribution in [-0.4, -0.2) is 23.2 Å². The normalized spacial score (nSPS) is 10.5. The van der Waals surface area contributed by atoms with Crippen LogP contribution in [0, 0.1) is 0 Å². The number of hydrogen-bond donors (Lipinski definition) is 1. The van der Waals surface area contributed by atoms with Crippen molar-refractivity contribution in [3.05, 3.63) is 59.8 Å². The number of nitrogens with zero attached hydrogens (tertiary/aromatic N) is 1. The summed E-state index contributed by atoms with van der Waals surface area (Å²) in [5, 5.41) is 8.56. The molecule has 0 amide bonds. The highest BCUT2D eigenvalue weighted by Gasteiger charge is 2.04. The molecule has 21 heavy (non-hydrogen) atoms. The first-order chi connectivity index (χ1) is 10.2. The summed E-state index contributed by atoms with van der Waals surface area (Å²) in [4.78, 5) is 14.5. The second-order valence-electron chi connectivity index (χ2n) is 4.20. The molecule has 1 heterocycles. The standard InChI is InChI=1S/C16H15NO4/c1-20-16-13(3-2-10-17-16)11-21-14-7-4-12(5-8-14)6-9-15(18)19/h2-10H,11H2,1H3,(H,18,19)/b9-6+. The van der Waals surface area contributed by atoms with E-state index >= 15 is 0 Å². The fourth-order valence-electron chi connectivity index (χ4n) is 1.72. The number of aliphatic carboxylic acids is 1. The van der Waals surface area contributed by atoms with Gasteiger partial charge in [-0.25, -0.2) is 9.78 Å². The molecular formula is C16H15NO4. The van der Waals surface area contributed by atoms with Crippen molar-refractivity contribution in [2.45, 2.75) is 6.61 Å². The number of rotatable bonds is 6. The number of ether oxygens (including phenoxy) is 2. The van der Waals surface area contributed by atoms with Gasteiger partial charge in [0.05, 0.1) is 12.7 Å². The summed E-state index contributed by atoms with van der Waals surface area (Å²) in [5.74, 6) is 0.255. The summed E-state index contributed by atoms with van der Waals surface area (Å²) < 4.78 is 10.8. The van der Waals surface area contributed by atoms with Gasteiger partial charge in [-0.2, -0.15) is 0 Å². The van der Waals surface area contributed by atoms with E-state index in [0.29, 0.717) is 18.2 Å². The third-order valence-electron chi connectivity index (χ3n) is 2.74. The van der Waals surface area contributed by atoms with Crippen molar-refractivity contribution in [2.24, 2.45) is 0 Å². The second-order valence-corrected chi connectivity index (χ2v) is 4.20. The van der Waals surface area contributed by atoms with Crippen molar-refractivity contribution >= 4 is 12.0 Å². The average molecular weight is 285 g/mol. The fourth-order valence-corrected chi connectivity index (χ4v) is 1.72. The summed E-state index contributed by atoms with van der Waals surface area (Å²) in [6, 6.07) is 10.8. The number of carboxylic acids is 1. The molecule has 0 aliphatic heterocycles. The van der Waals surface area contributed by atoms with Crippen LogP contribution in [0.5, 0.6) is 11.6 Å². The van der Waals surface area contributed by atoms with E-state index in [-0.39, 0.29) is 0 Å². The Balaban J connectivity index is 1.99. The van der Waals surface area contributed by atoms with Crippen LogP contribution in [0.1, 0.15) is 11.1 Å². The average Bonchev–Trinajstić information content (AvgIpc) is 2.52. The van der Waals surface area contributed by atoms with Crippen molar-refractivity contribution < 1.29 is 19.4 Å². The van der Waals surface area contributed by atoms with Crippen LogP contribution in [0.3, 0.4) is 0 Å². The molecule has 2 rings (SSSR count). The zero-order valence-electron chi connectivity index (χ0n) is 11.5. The number of benzene rings is 1. The molecule has 0 saturated heterocycles. The topological polar surface area (TPSA) is 68.7 Å².